The zero-order valence-electron chi connectivity index (χ0n) is 9.90. The van der Waals surface area contributed by atoms with Gasteiger partial charge in [0.15, 0.2) is 0 Å². The zero-order valence-corrected chi connectivity index (χ0v) is 10.7. The molecule has 16 heavy (non-hydrogen) atoms. The maximum Gasteiger partial charge on any atom is 0.256 e. The van der Waals surface area contributed by atoms with Gasteiger partial charge in [-0.05, 0) is 26.7 Å². The first kappa shape index (κ1) is 12.0. The third-order valence-electron chi connectivity index (χ3n) is 3.18. The summed E-state index contributed by atoms with van der Waals surface area (Å²) in [6, 6.07) is 0. The van der Waals surface area contributed by atoms with Crippen LogP contribution >= 0.6 is 11.8 Å². The summed E-state index contributed by atoms with van der Waals surface area (Å²) in [5, 5.41) is 11.0. The molecular weight excluding hydrogens is 222 g/mol. The van der Waals surface area contributed by atoms with Crippen molar-refractivity contribution in [1.82, 2.24) is 4.98 Å². The number of oxazole rings is 1. The third-order valence-corrected chi connectivity index (χ3v) is 4.41. The van der Waals surface area contributed by atoms with Gasteiger partial charge in [0.05, 0.1) is 11.8 Å². The van der Waals surface area contributed by atoms with E-state index in [4.69, 9.17) is 4.42 Å². The van der Waals surface area contributed by atoms with Gasteiger partial charge >= 0.3 is 0 Å². The van der Waals surface area contributed by atoms with Gasteiger partial charge < -0.3 is 9.52 Å². The van der Waals surface area contributed by atoms with Crippen LogP contribution in [0, 0.1) is 13.8 Å². The van der Waals surface area contributed by atoms with Gasteiger partial charge in [-0.3, -0.25) is 0 Å². The van der Waals surface area contributed by atoms with E-state index < -0.39 is 0 Å². The summed E-state index contributed by atoms with van der Waals surface area (Å²) in [5.74, 6) is 0.880. The highest BCUT2D eigenvalue weighted by Crippen LogP contribution is 2.33. The molecule has 1 aromatic rings. The van der Waals surface area contributed by atoms with Crippen LogP contribution in [0.4, 0.5) is 0 Å². The lowest BCUT2D eigenvalue weighted by molar-refractivity contribution is 0.163. The van der Waals surface area contributed by atoms with Gasteiger partial charge in [-0.2, -0.15) is 0 Å². The first-order chi connectivity index (χ1) is 7.66. The summed E-state index contributed by atoms with van der Waals surface area (Å²) in [6.45, 7) is 3.88. The van der Waals surface area contributed by atoms with Crippen LogP contribution < -0.4 is 0 Å². The van der Waals surface area contributed by atoms with E-state index in [-0.39, 0.29) is 11.4 Å². The lowest BCUT2D eigenvalue weighted by Gasteiger charge is -2.17. The Hall–Kier alpha value is -0.480. The fraction of sp³-hybridized carbons (Fsp3) is 0.750. The molecular formula is C12H19NO2S. The first-order valence-corrected chi connectivity index (χ1v) is 6.83. The Morgan fingerprint density at radius 1 is 1.25 bits per heavy atom. The number of aliphatic hydroxyl groups excluding tert-OH is 1. The van der Waals surface area contributed by atoms with Crippen molar-refractivity contribution in [2.24, 2.45) is 0 Å². The number of hydrogen-bond donors (Lipinski definition) is 1. The molecule has 2 unspecified atom stereocenters. The number of rotatable bonds is 2. The molecule has 1 fully saturated rings. The maximum absolute atomic E-state index is 10.00. The topological polar surface area (TPSA) is 46.3 Å². The van der Waals surface area contributed by atoms with Crippen LogP contribution in [0.3, 0.4) is 0 Å². The summed E-state index contributed by atoms with van der Waals surface area (Å²) < 4.78 is 5.55. The molecule has 1 aliphatic rings. The predicted octanol–water partition coefficient (Wildman–Crippen LogP) is 3.08. The summed E-state index contributed by atoms with van der Waals surface area (Å²) in [4.78, 5) is 4.35. The Morgan fingerprint density at radius 3 is 2.69 bits per heavy atom. The van der Waals surface area contributed by atoms with Gasteiger partial charge in [0.1, 0.15) is 5.76 Å². The molecule has 1 saturated carbocycles. The Kier molecular flexibility index (Phi) is 3.92. The van der Waals surface area contributed by atoms with Crippen molar-refractivity contribution < 1.29 is 9.52 Å². The van der Waals surface area contributed by atoms with Crippen molar-refractivity contribution in [2.75, 3.05) is 0 Å². The fourth-order valence-corrected chi connectivity index (χ4v) is 3.21. The van der Waals surface area contributed by atoms with E-state index in [0.29, 0.717) is 5.22 Å². The highest BCUT2D eigenvalue weighted by Gasteiger charge is 2.24. The molecule has 0 spiro atoms. The van der Waals surface area contributed by atoms with Crippen LogP contribution in [-0.4, -0.2) is 21.4 Å². The number of aryl methyl sites for hydroxylation is 2. The molecule has 0 aliphatic heterocycles. The van der Waals surface area contributed by atoms with Gasteiger partial charge in [-0.1, -0.05) is 31.0 Å². The molecule has 2 atom stereocenters. The largest absolute Gasteiger partial charge is 0.437 e. The van der Waals surface area contributed by atoms with E-state index in [0.717, 1.165) is 30.7 Å². The average Bonchev–Trinajstić information content (AvgIpc) is 2.44. The molecule has 1 aliphatic carbocycles. The van der Waals surface area contributed by atoms with E-state index in [1.807, 2.05) is 13.8 Å². The van der Waals surface area contributed by atoms with Gasteiger partial charge in [0.25, 0.3) is 5.22 Å². The lowest BCUT2D eigenvalue weighted by Crippen LogP contribution is -2.21. The molecule has 1 aromatic heterocycles. The first-order valence-electron chi connectivity index (χ1n) is 5.95. The summed E-state index contributed by atoms with van der Waals surface area (Å²) in [7, 11) is 0. The standard InChI is InChI=1S/C12H19NO2S/c1-8-9(2)15-12(13-8)16-11-7-5-3-4-6-10(11)14/h10-11,14H,3-7H2,1-2H3. The molecule has 1 heterocycles. The second kappa shape index (κ2) is 5.23. The average molecular weight is 241 g/mol. The quantitative estimate of drug-likeness (QED) is 0.808. The molecule has 3 nitrogen and oxygen atoms in total. The molecule has 0 aromatic carbocycles. The Bertz CT molecular complexity index is 331. The van der Waals surface area contributed by atoms with Gasteiger partial charge in [-0.15, -0.1) is 0 Å². The highest BCUT2D eigenvalue weighted by molar-refractivity contribution is 7.99. The van der Waals surface area contributed by atoms with Crippen LogP contribution in [0.25, 0.3) is 0 Å². The number of thioether (sulfide) groups is 1. The van der Waals surface area contributed by atoms with Gasteiger partial charge in [-0.25, -0.2) is 4.98 Å². The summed E-state index contributed by atoms with van der Waals surface area (Å²) in [6.07, 6.45) is 5.34. The summed E-state index contributed by atoms with van der Waals surface area (Å²) >= 11 is 1.59. The third kappa shape index (κ3) is 2.80. The van der Waals surface area contributed by atoms with Crippen LogP contribution in [0.15, 0.2) is 9.64 Å². The maximum atomic E-state index is 10.00. The molecule has 1 N–H and O–H groups in total. The second-order valence-electron chi connectivity index (χ2n) is 4.48. The predicted molar refractivity (Wildman–Crippen MR) is 64.7 cm³/mol. The smallest absolute Gasteiger partial charge is 0.256 e. The minimum Gasteiger partial charge on any atom is -0.437 e. The zero-order chi connectivity index (χ0) is 11.5. The Balaban J connectivity index is 2.01. The minimum absolute atomic E-state index is 0.208. The normalized spacial score (nSPS) is 26.7. The molecule has 4 heteroatoms. The van der Waals surface area contributed by atoms with Crippen LogP contribution in [0.5, 0.6) is 0 Å². The van der Waals surface area contributed by atoms with Crippen molar-refractivity contribution in [3.63, 3.8) is 0 Å². The van der Waals surface area contributed by atoms with Crippen LogP contribution in [0.2, 0.25) is 0 Å². The van der Waals surface area contributed by atoms with Crippen molar-refractivity contribution in [2.45, 2.75) is 62.5 Å². The van der Waals surface area contributed by atoms with Crippen molar-refractivity contribution in [3.8, 4) is 0 Å². The number of aliphatic hydroxyl groups is 1. The minimum atomic E-state index is -0.208. The van der Waals surface area contributed by atoms with E-state index >= 15 is 0 Å². The van der Waals surface area contributed by atoms with E-state index in [1.54, 1.807) is 11.8 Å². The molecule has 0 radical (unpaired) electrons. The molecule has 90 valence electrons. The second-order valence-corrected chi connectivity index (χ2v) is 5.67. The van der Waals surface area contributed by atoms with E-state index in [9.17, 15) is 5.11 Å². The van der Waals surface area contributed by atoms with Gasteiger partial charge in [0, 0.05) is 5.25 Å². The lowest BCUT2D eigenvalue weighted by atomic mass is 10.1. The van der Waals surface area contributed by atoms with E-state index in [1.165, 1.54) is 12.8 Å². The Morgan fingerprint density at radius 2 is 2.00 bits per heavy atom. The molecule has 0 amide bonds. The molecule has 2 rings (SSSR count). The Labute approximate surface area is 101 Å². The highest BCUT2D eigenvalue weighted by atomic mass is 32.2. The SMILES string of the molecule is Cc1nc(SC2CCCCCC2O)oc1C. The fourth-order valence-electron chi connectivity index (χ4n) is 2.01. The molecule has 0 bridgehead atoms. The molecule has 0 saturated heterocycles. The van der Waals surface area contributed by atoms with Crippen LogP contribution in [0.1, 0.15) is 43.6 Å². The monoisotopic (exact) mass is 241 g/mol. The number of aromatic nitrogens is 1. The van der Waals surface area contributed by atoms with Crippen LogP contribution in [-0.2, 0) is 0 Å². The van der Waals surface area contributed by atoms with Gasteiger partial charge in [0.2, 0.25) is 0 Å². The van der Waals surface area contributed by atoms with Crippen molar-refractivity contribution in [1.29, 1.82) is 0 Å². The van der Waals surface area contributed by atoms with Crippen molar-refractivity contribution >= 4 is 11.8 Å². The van der Waals surface area contributed by atoms with Crippen molar-refractivity contribution in [3.05, 3.63) is 11.5 Å². The summed E-state index contributed by atoms with van der Waals surface area (Å²) in [5.41, 5.74) is 0.950. The number of hydrogen-bond acceptors (Lipinski definition) is 4. The number of nitrogens with zero attached hydrogens (tertiary/aromatic N) is 1. The van der Waals surface area contributed by atoms with E-state index in [2.05, 4.69) is 4.98 Å².